The number of carboxylic acids is 1. The molecule has 0 spiro atoms. The van der Waals surface area contributed by atoms with E-state index in [1.165, 1.54) is 0 Å². The van der Waals surface area contributed by atoms with E-state index in [4.69, 9.17) is 47.7 Å². The maximum absolute atomic E-state index is 11.9. The molecule has 15 heteroatoms. The van der Waals surface area contributed by atoms with E-state index in [0.29, 0.717) is 112 Å². The molecule has 0 radical (unpaired) electrons. The molecular formula is C31H49NO14. The van der Waals surface area contributed by atoms with Gasteiger partial charge in [0.2, 0.25) is 5.91 Å². The average molecular weight is 660 g/mol. The van der Waals surface area contributed by atoms with Crippen LogP contribution in [0.3, 0.4) is 0 Å². The van der Waals surface area contributed by atoms with Crippen molar-refractivity contribution < 1.29 is 66.9 Å². The van der Waals surface area contributed by atoms with Crippen molar-refractivity contribution in [2.24, 2.45) is 0 Å². The lowest BCUT2D eigenvalue weighted by Gasteiger charge is -2.09. The zero-order valence-electron chi connectivity index (χ0n) is 26.5. The number of amides is 1. The molecule has 15 nitrogen and oxygen atoms in total. The SMILES string of the molecule is O=C(O)CCC(=O)NCCCOCCOCCOCCOCCOCCOCCOCCOCCOC(=O)C(=O)c1ccccc1. The Hall–Kier alpha value is -3.02. The number of aliphatic carboxylic acids is 1. The molecule has 1 aromatic rings. The van der Waals surface area contributed by atoms with E-state index in [1.807, 2.05) is 0 Å². The zero-order valence-corrected chi connectivity index (χ0v) is 26.5. The van der Waals surface area contributed by atoms with E-state index in [9.17, 15) is 19.2 Å². The maximum Gasteiger partial charge on any atom is 0.379 e. The van der Waals surface area contributed by atoms with Gasteiger partial charge in [0.05, 0.1) is 106 Å². The molecule has 0 aliphatic carbocycles. The summed E-state index contributed by atoms with van der Waals surface area (Å²) < 4.78 is 48.1. The first kappa shape index (κ1) is 41.0. The monoisotopic (exact) mass is 659 g/mol. The lowest BCUT2D eigenvalue weighted by atomic mass is 10.1. The Morgan fingerprint density at radius 1 is 0.522 bits per heavy atom. The lowest BCUT2D eigenvalue weighted by Crippen LogP contribution is -2.25. The number of hydrogen-bond acceptors (Lipinski definition) is 13. The Morgan fingerprint density at radius 2 is 0.913 bits per heavy atom. The third-order valence-electron chi connectivity index (χ3n) is 5.64. The summed E-state index contributed by atoms with van der Waals surface area (Å²) in [5.74, 6) is -2.85. The van der Waals surface area contributed by atoms with E-state index >= 15 is 0 Å². The van der Waals surface area contributed by atoms with Gasteiger partial charge >= 0.3 is 11.9 Å². The molecule has 0 saturated carbocycles. The molecule has 2 N–H and O–H groups in total. The summed E-state index contributed by atoms with van der Waals surface area (Å²) in [6, 6.07) is 8.22. The fourth-order valence-electron chi connectivity index (χ4n) is 3.32. The number of carbonyl (C=O) groups is 4. The third kappa shape index (κ3) is 26.2. The second-order valence-electron chi connectivity index (χ2n) is 9.33. The van der Waals surface area contributed by atoms with Crippen LogP contribution >= 0.6 is 0 Å². The van der Waals surface area contributed by atoms with Gasteiger partial charge < -0.3 is 53.1 Å². The predicted octanol–water partition coefficient (Wildman–Crippen LogP) is 0.916. The van der Waals surface area contributed by atoms with Crippen LogP contribution in [-0.2, 0) is 57.0 Å². The van der Waals surface area contributed by atoms with Crippen LogP contribution in [0.15, 0.2) is 30.3 Å². The molecule has 0 aliphatic heterocycles. The highest BCUT2D eigenvalue weighted by atomic mass is 16.6. The summed E-state index contributed by atoms with van der Waals surface area (Å²) in [7, 11) is 0. The van der Waals surface area contributed by atoms with Crippen molar-refractivity contribution in [2.45, 2.75) is 19.3 Å². The molecule has 46 heavy (non-hydrogen) atoms. The molecule has 0 bridgehead atoms. The molecule has 1 aromatic carbocycles. The minimum Gasteiger partial charge on any atom is -0.481 e. The van der Waals surface area contributed by atoms with Gasteiger partial charge in [0, 0.05) is 25.1 Å². The first-order valence-electron chi connectivity index (χ1n) is 15.4. The van der Waals surface area contributed by atoms with Crippen LogP contribution in [-0.4, -0.2) is 148 Å². The van der Waals surface area contributed by atoms with E-state index in [-0.39, 0.29) is 37.5 Å². The summed E-state index contributed by atoms with van der Waals surface area (Å²) in [6.07, 6.45) is 0.453. The zero-order chi connectivity index (χ0) is 33.3. The standard InChI is InChI=1S/C31H49NO14/c33-28(7-8-29(34)35)32-9-4-10-38-11-12-39-13-14-40-15-16-41-17-18-42-19-20-43-21-22-44-23-24-45-25-26-46-31(37)30(36)27-5-2-1-3-6-27/h1-3,5-6H,4,7-26H2,(H,32,33)(H,34,35). The number of ketones is 1. The highest BCUT2D eigenvalue weighted by Gasteiger charge is 2.17. The number of carboxylic acid groups (broad SMARTS) is 1. The van der Waals surface area contributed by atoms with Gasteiger partial charge in [0.1, 0.15) is 6.61 Å². The summed E-state index contributed by atoms with van der Waals surface area (Å²) in [5, 5.41) is 11.2. The summed E-state index contributed by atoms with van der Waals surface area (Å²) in [4.78, 5) is 45.3. The van der Waals surface area contributed by atoms with Crippen LogP contribution in [0.25, 0.3) is 0 Å². The Bertz CT molecular complexity index is 918. The van der Waals surface area contributed by atoms with Gasteiger partial charge in [0.15, 0.2) is 0 Å². The van der Waals surface area contributed by atoms with Gasteiger partial charge in [-0.1, -0.05) is 30.3 Å². The Balaban J connectivity index is 1.69. The Kier molecular flexibility index (Phi) is 27.3. The first-order chi connectivity index (χ1) is 22.5. The molecule has 0 aromatic heterocycles. The Morgan fingerprint density at radius 3 is 1.33 bits per heavy atom. The highest BCUT2D eigenvalue weighted by molar-refractivity contribution is 6.40. The fourth-order valence-corrected chi connectivity index (χ4v) is 3.32. The molecule has 262 valence electrons. The van der Waals surface area contributed by atoms with Crippen molar-refractivity contribution in [3.63, 3.8) is 0 Å². The van der Waals surface area contributed by atoms with Crippen LogP contribution in [0.2, 0.25) is 0 Å². The van der Waals surface area contributed by atoms with E-state index in [1.54, 1.807) is 30.3 Å². The second kappa shape index (κ2) is 30.6. The highest BCUT2D eigenvalue weighted by Crippen LogP contribution is 2.01. The lowest BCUT2D eigenvalue weighted by molar-refractivity contribution is -0.140. The minimum absolute atomic E-state index is 0.0117. The van der Waals surface area contributed by atoms with Gasteiger partial charge in [-0.2, -0.15) is 0 Å². The second-order valence-corrected chi connectivity index (χ2v) is 9.33. The number of esters is 1. The quantitative estimate of drug-likeness (QED) is 0.0470. The number of carbonyl (C=O) groups excluding carboxylic acids is 3. The van der Waals surface area contributed by atoms with Crippen molar-refractivity contribution in [1.82, 2.24) is 5.32 Å². The molecular weight excluding hydrogens is 610 g/mol. The van der Waals surface area contributed by atoms with Gasteiger partial charge in [-0.3, -0.25) is 14.4 Å². The van der Waals surface area contributed by atoms with Crippen molar-refractivity contribution in [3.05, 3.63) is 35.9 Å². The van der Waals surface area contributed by atoms with Crippen LogP contribution in [0, 0.1) is 0 Å². The summed E-state index contributed by atoms with van der Waals surface area (Å²) in [5.41, 5.74) is 0.288. The van der Waals surface area contributed by atoms with Crippen molar-refractivity contribution >= 4 is 23.6 Å². The van der Waals surface area contributed by atoms with Crippen LogP contribution in [0.1, 0.15) is 29.6 Å². The largest absolute Gasteiger partial charge is 0.481 e. The van der Waals surface area contributed by atoms with Crippen molar-refractivity contribution in [2.75, 3.05) is 119 Å². The molecule has 0 unspecified atom stereocenters. The Labute approximate surface area is 270 Å². The minimum atomic E-state index is -0.989. The van der Waals surface area contributed by atoms with E-state index < -0.39 is 17.7 Å². The van der Waals surface area contributed by atoms with Gasteiger partial charge in [-0.25, -0.2) is 4.79 Å². The average Bonchev–Trinajstić information content (AvgIpc) is 3.06. The van der Waals surface area contributed by atoms with Gasteiger partial charge in [0.25, 0.3) is 5.78 Å². The molecule has 1 amide bonds. The number of benzene rings is 1. The molecule has 0 atom stereocenters. The molecule has 0 heterocycles. The third-order valence-corrected chi connectivity index (χ3v) is 5.64. The van der Waals surface area contributed by atoms with E-state index in [0.717, 1.165) is 0 Å². The van der Waals surface area contributed by atoms with Gasteiger partial charge in [-0.05, 0) is 6.42 Å². The maximum atomic E-state index is 11.9. The number of ether oxygens (including phenoxy) is 9. The first-order valence-corrected chi connectivity index (χ1v) is 15.4. The van der Waals surface area contributed by atoms with Crippen LogP contribution < -0.4 is 5.32 Å². The van der Waals surface area contributed by atoms with Crippen molar-refractivity contribution in [1.29, 1.82) is 0 Å². The number of rotatable bonds is 33. The topological polar surface area (TPSA) is 184 Å². The van der Waals surface area contributed by atoms with Gasteiger partial charge in [-0.15, -0.1) is 0 Å². The molecule has 0 saturated heterocycles. The molecule has 1 rings (SSSR count). The summed E-state index contributed by atoms with van der Waals surface area (Å²) in [6.45, 7) is 7.09. The van der Waals surface area contributed by atoms with Crippen LogP contribution in [0.5, 0.6) is 0 Å². The number of hydrogen-bond donors (Lipinski definition) is 2. The number of nitrogens with one attached hydrogen (secondary N) is 1. The smallest absolute Gasteiger partial charge is 0.379 e. The fraction of sp³-hybridized carbons (Fsp3) is 0.677. The molecule has 0 aliphatic rings. The van der Waals surface area contributed by atoms with Crippen molar-refractivity contribution in [3.8, 4) is 0 Å². The van der Waals surface area contributed by atoms with E-state index in [2.05, 4.69) is 5.32 Å². The normalized spacial score (nSPS) is 11.0. The van der Waals surface area contributed by atoms with Crippen LogP contribution in [0.4, 0.5) is 0 Å². The summed E-state index contributed by atoms with van der Waals surface area (Å²) >= 11 is 0. The molecule has 0 fully saturated rings. The number of Topliss-reactive ketones (excluding diaryl/α,β-unsaturated/α-hetero) is 1. The predicted molar refractivity (Wildman–Crippen MR) is 163 cm³/mol.